The number of hydrogen-bond acceptors (Lipinski definition) is 5. The average Bonchev–Trinajstić information content (AvgIpc) is 3.03. The van der Waals surface area contributed by atoms with Crippen LogP contribution in [0, 0.1) is 18.8 Å². The molecule has 9 heteroatoms. The van der Waals surface area contributed by atoms with Crippen LogP contribution in [0.15, 0.2) is 48.5 Å². The van der Waals surface area contributed by atoms with Gasteiger partial charge in [0.2, 0.25) is 11.8 Å². The molecule has 33 heavy (non-hydrogen) atoms. The number of anilines is 2. The van der Waals surface area contributed by atoms with Crippen molar-refractivity contribution in [2.75, 3.05) is 16.8 Å². The highest BCUT2D eigenvalue weighted by molar-refractivity contribution is 6.31. The molecule has 2 aromatic rings. The number of fused-ring (bicyclic) bond motifs is 1. The maximum Gasteiger partial charge on any atom is 0.338 e. The number of carbonyl (C=O) groups is 4. The first-order valence-corrected chi connectivity index (χ1v) is 11.4. The molecule has 1 saturated carbocycles. The summed E-state index contributed by atoms with van der Waals surface area (Å²) in [6.07, 6.45) is 0.715. The predicted octanol–water partition coefficient (Wildman–Crippen LogP) is 3.90. The number of halogens is 2. The molecule has 4 atom stereocenters. The SMILES string of the molecule is Cc1ccc(NC(=O)COC(=O)c2ccc(N3C(=O)[C@H]4C[C@H](Cl)[C@@H](Cl)C[C@H]4C3=O)cc2)cc1. The largest absolute Gasteiger partial charge is 0.452 e. The molecule has 0 spiro atoms. The lowest BCUT2D eigenvalue weighted by atomic mass is 9.80. The molecule has 0 bridgehead atoms. The van der Waals surface area contributed by atoms with Gasteiger partial charge in [-0.3, -0.25) is 19.3 Å². The van der Waals surface area contributed by atoms with Crippen LogP contribution in [-0.4, -0.2) is 41.1 Å². The monoisotopic (exact) mass is 488 g/mol. The molecule has 3 amide bonds. The van der Waals surface area contributed by atoms with Crippen molar-refractivity contribution < 1.29 is 23.9 Å². The third kappa shape index (κ3) is 4.89. The number of benzene rings is 2. The summed E-state index contributed by atoms with van der Waals surface area (Å²) in [4.78, 5) is 51.1. The first kappa shape index (κ1) is 23.3. The van der Waals surface area contributed by atoms with Crippen LogP contribution in [0.25, 0.3) is 0 Å². The van der Waals surface area contributed by atoms with Crippen LogP contribution >= 0.6 is 23.2 Å². The molecule has 1 N–H and O–H groups in total. The maximum absolute atomic E-state index is 12.8. The van der Waals surface area contributed by atoms with Gasteiger partial charge in [-0.25, -0.2) is 4.79 Å². The third-order valence-corrected chi connectivity index (χ3v) is 7.04. The van der Waals surface area contributed by atoms with E-state index in [1.165, 1.54) is 24.3 Å². The van der Waals surface area contributed by atoms with Crippen LogP contribution in [0.2, 0.25) is 0 Å². The number of hydrogen-bond donors (Lipinski definition) is 1. The summed E-state index contributed by atoms with van der Waals surface area (Å²) < 4.78 is 5.07. The summed E-state index contributed by atoms with van der Waals surface area (Å²) in [7, 11) is 0. The van der Waals surface area contributed by atoms with Gasteiger partial charge in [-0.15, -0.1) is 23.2 Å². The van der Waals surface area contributed by atoms with Crippen LogP contribution in [0.3, 0.4) is 0 Å². The van der Waals surface area contributed by atoms with E-state index in [2.05, 4.69) is 5.32 Å². The van der Waals surface area contributed by atoms with Crippen molar-refractivity contribution in [2.45, 2.75) is 30.5 Å². The Balaban J connectivity index is 1.36. The number of ether oxygens (including phenoxy) is 1. The van der Waals surface area contributed by atoms with E-state index in [1.807, 2.05) is 19.1 Å². The van der Waals surface area contributed by atoms with E-state index in [0.29, 0.717) is 24.2 Å². The van der Waals surface area contributed by atoms with Crippen molar-refractivity contribution in [3.63, 3.8) is 0 Å². The molecule has 0 aromatic heterocycles. The molecule has 1 saturated heterocycles. The van der Waals surface area contributed by atoms with Crippen molar-refractivity contribution in [3.05, 3.63) is 59.7 Å². The van der Waals surface area contributed by atoms with Crippen molar-refractivity contribution in [1.82, 2.24) is 0 Å². The van der Waals surface area contributed by atoms with E-state index in [9.17, 15) is 19.2 Å². The number of rotatable bonds is 5. The Morgan fingerprint density at radius 3 is 2.03 bits per heavy atom. The molecular formula is C24H22Cl2N2O5. The second-order valence-corrected chi connectivity index (χ2v) is 9.39. The molecular weight excluding hydrogens is 467 g/mol. The highest BCUT2D eigenvalue weighted by Gasteiger charge is 2.52. The van der Waals surface area contributed by atoms with E-state index < -0.39 is 30.3 Å². The van der Waals surface area contributed by atoms with Crippen LogP contribution in [0.1, 0.15) is 28.8 Å². The number of nitrogens with zero attached hydrogens (tertiary/aromatic N) is 1. The lowest BCUT2D eigenvalue weighted by Crippen LogP contribution is -2.34. The van der Waals surface area contributed by atoms with E-state index in [4.69, 9.17) is 27.9 Å². The maximum atomic E-state index is 12.8. The van der Waals surface area contributed by atoms with Gasteiger partial charge in [-0.05, 0) is 56.2 Å². The second kappa shape index (κ2) is 9.53. The Morgan fingerprint density at radius 1 is 0.939 bits per heavy atom. The van der Waals surface area contributed by atoms with E-state index >= 15 is 0 Å². The van der Waals surface area contributed by atoms with Gasteiger partial charge in [-0.2, -0.15) is 0 Å². The fraction of sp³-hybridized carbons (Fsp3) is 0.333. The van der Waals surface area contributed by atoms with Crippen LogP contribution in [0.4, 0.5) is 11.4 Å². The molecule has 0 unspecified atom stereocenters. The van der Waals surface area contributed by atoms with Crippen LogP contribution < -0.4 is 10.2 Å². The number of imide groups is 1. The van der Waals surface area contributed by atoms with Gasteiger partial charge in [-0.1, -0.05) is 17.7 Å². The van der Waals surface area contributed by atoms with Crippen molar-refractivity contribution in [3.8, 4) is 0 Å². The Morgan fingerprint density at radius 2 is 1.48 bits per heavy atom. The van der Waals surface area contributed by atoms with Crippen molar-refractivity contribution in [2.24, 2.45) is 11.8 Å². The molecule has 2 aromatic carbocycles. The molecule has 7 nitrogen and oxygen atoms in total. The molecule has 1 heterocycles. The molecule has 4 rings (SSSR count). The highest BCUT2D eigenvalue weighted by atomic mass is 35.5. The summed E-state index contributed by atoms with van der Waals surface area (Å²) >= 11 is 12.4. The minimum Gasteiger partial charge on any atom is -0.452 e. The predicted molar refractivity (Wildman–Crippen MR) is 125 cm³/mol. The average molecular weight is 489 g/mol. The van der Waals surface area contributed by atoms with Gasteiger partial charge in [0.15, 0.2) is 6.61 Å². The summed E-state index contributed by atoms with van der Waals surface area (Å²) in [6, 6.07) is 13.1. The van der Waals surface area contributed by atoms with Gasteiger partial charge < -0.3 is 10.1 Å². The number of aryl methyl sites for hydroxylation is 1. The van der Waals surface area contributed by atoms with Gasteiger partial charge in [0.05, 0.1) is 33.8 Å². The second-order valence-electron chi connectivity index (χ2n) is 8.27. The number of carbonyl (C=O) groups excluding carboxylic acids is 4. The number of nitrogens with one attached hydrogen (secondary N) is 1. The minimum atomic E-state index is -0.691. The lowest BCUT2D eigenvalue weighted by Gasteiger charge is -2.28. The number of amides is 3. The van der Waals surface area contributed by atoms with Gasteiger partial charge in [0.1, 0.15) is 0 Å². The Labute approximate surface area is 201 Å². The number of esters is 1. The smallest absolute Gasteiger partial charge is 0.338 e. The van der Waals surface area contributed by atoms with Gasteiger partial charge >= 0.3 is 5.97 Å². The normalized spacial score (nSPS) is 24.4. The van der Waals surface area contributed by atoms with Gasteiger partial charge in [0.25, 0.3) is 5.91 Å². The molecule has 1 aliphatic carbocycles. The van der Waals surface area contributed by atoms with E-state index in [0.717, 1.165) is 10.5 Å². The van der Waals surface area contributed by atoms with E-state index in [1.54, 1.807) is 12.1 Å². The lowest BCUT2D eigenvalue weighted by molar-refractivity contribution is -0.122. The zero-order valence-electron chi connectivity index (χ0n) is 17.8. The third-order valence-electron chi connectivity index (χ3n) is 5.94. The van der Waals surface area contributed by atoms with Crippen molar-refractivity contribution >= 4 is 58.3 Å². The summed E-state index contributed by atoms with van der Waals surface area (Å²) in [5, 5.41) is 1.93. The first-order chi connectivity index (χ1) is 15.7. The summed E-state index contributed by atoms with van der Waals surface area (Å²) in [5.41, 5.74) is 2.23. The van der Waals surface area contributed by atoms with E-state index in [-0.39, 0.29) is 28.1 Å². The fourth-order valence-corrected chi connectivity index (χ4v) is 4.73. The van der Waals surface area contributed by atoms with Crippen molar-refractivity contribution in [1.29, 1.82) is 0 Å². The molecule has 2 aliphatic rings. The summed E-state index contributed by atoms with van der Waals surface area (Å²) in [5.74, 6) is -2.72. The van der Waals surface area contributed by atoms with Crippen LogP contribution in [0.5, 0.6) is 0 Å². The quantitative estimate of drug-likeness (QED) is 0.391. The summed E-state index contributed by atoms with van der Waals surface area (Å²) in [6.45, 7) is 1.49. The molecule has 172 valence electrons. The Hall–Kier alpha value is -2.90. The molecule has 0 radical (unpaired) electrons. The van der Waals surface area contributed by atoms with Gasteiger partial charge in [0, 0.05) is 5.69 Å². The fourth-order valence-electron chi connectivity index (χ4n) is 4.14. The Kier molecular flexibility index (Phi) is 6.72. The zero-order valence-corrected chi connectivity index (χ0v) is 19.3. The molecule has 1 aliphatic heterocycles. The van der Waals surface area contributed by atoms with Crippen LogP contribution in [-0.2, 0) is 19.1 Å². The topological polar surface area (TPSA) is 92.8 Å². The first-order valence-electron chi connectivity index (χ1n) is 10.5. The zero-order chi connectivity index (χ0) is 23.7. The Bertz CT molecular complexity index is 1060. The number of alkyl halides is 2. The molecule has 2 fully saturated rings. The highest BCUT2D eigenvalue weighted by Crippen LogP contribution is 2.43. The minimum absolute atomic E-state index is 0.194. The standard InChI is InChI=1S/C24H22Cl2N2O5/c1-13-2-6-15(7-3-13)27-21(29)12-33-24(32)14-4-8-16(9-5-14)28-22(30)17-10-19(25)20(26)11-18(17)23(28)31/h2-9,17-20H,10-12H2,1H3,(H,27,29)/t17-,18+,19-,20-/m0/s1.